The maximum atomic E-state index is 11.8. The molecule has 6 nitrogen and oxygen atoms in total. The number of sulfonamides is 1. The van der Waals surface area contributed by atoms with Crippen molar-refractivity contribution in [3.63, 3.8) is 0 Å². The van der Waals surface area contributed by atoms with Gasteiger partial charge in [0.1, 0.15) is 0 Å². The van der Waals surface area contributed by atoms with Gasteiger partial charge in [-0.1, -0.05) is 11.6 Å². The molecule has 18 heavy (non-hydrogen) atoms. The average Bonchev–Trinajstić information content (AvgIpc) is 2.80. The Kier molecular flexibility index (Phi) is 3.74. The summed E-state index contributed by atoms with van der Waals surface area (Å²) in [5, 5.41) is 7.74. The Labute approximate surface area is 109 Å². The van der Waals surface area contributed by atoms with E-state index in [1.54, 1.807) is 18.3 Å². The molecule has 1 heterocycles. The summed E-state index contributed by atoms with van der Waals surface area (Å²) in [6.07, 6.45) is 1.55. The number of hydrogen-bond acceptors (Lipinski definition) is 4. The van der Waals surface area contributed by atoms with Crippen molar-refractivity contribution >= 4 is 38.2 Å². The number of ether oxygens (including phenoxy) is 1. The van der Waals surface area contributed by atoms with Crippen molar-refractivity contribution in [2.24, 2.45) is 0 Å². The molecule has 0 saturated carbocycles. The van der Waals surface area contributed by atoms with Gasteiger partial charge < -0.3 is 4.74 Å². The third-order valence-electron chi connectivity index (χ3n) is 2.38. The highest BCUT2D eigenvalue weighted by Gasteiger charge is 2.14. The van der Waals surface area contributed by atoms with E-state index >= 15 is 0 Å². The van der Waals surface area contributed by atoms with Crippen LogP contribution < -0.4 is 4.72 Å². The van der Waals surface area contributed by atoms with Crippen LogP contribution in [0.3, 0.4) is 0 Å². The number of H-pyrrole nitrogens is 1. The Morgan fingerprint density at radius 1 is 1.50 bits per heavy atom. The number of rotatable bonds is 5. The molecule has 2 aromatic rings. The zero-order chi connectivity index (χ0) is 13.2. The SMILES string of the molecule is COCCS(=O)(=O)Nc1ccc(Cl)c2cn[nH]c12. The fourth-order valence-corrected chi connectivity index (χ4v) is 2.70. The molecule has 1 aromatic heterocycles. The van der Waals surface area contributed by atoms with Crippen LogP contribution in [-0.2, 0) is 14.8 Å². The maximum Gasteiger partial charge on any atom is 0.235 e. The van der Waals surface area contributed by atoms with Gasteiger partial charge in [-0.2, -0.15) is 5.10 Å². The average molecular weight is 290 g/mol. The van der Waals surface area contributed by atoms with Gasteiger partial charge in [0.05, 0.1) is 34.8 Å². The highest BCUT2D eigenvalue weighted by molar-refractivity contribution is 7.92. The van der Waals surface area contributed by atoms with E-state index in [0.29, 0.717) is 21.6 Å². The molecule has 0 bridgehead atoms. The predicted molar refractivity (Wildman–Crippen MR) is 70.4 cm³/mol. The second-order valence-corrected chi connectivity index (χ2v) is 5.92. The third kappa shape index (κ3) is 2.74. The minimum absolute atomic E-state index is 0.109. The quantitative estimate of drug-likeness (QED) is 0.876. The van der Waals surface area contributed by atoms with Crippen molar-refractivity contribution < 1.29 is 13.2 Å². The molecule has 0 saturated heterocycles. The number of aromatic amines is 1. The van der Waals surface area contributed by atoms with Crippen molar-refractivity contribution in [1.29, 1.82) is 0 Å². The van der Waals surface area contributed by atoms with Gasteiger partial charge in [-0.3, -0.25) is 9.82 Å². The zero-order valence-electron chi connectivity index (χ0n) is 9.60. The van der Waals surface area contributed by atoms with E-state index in [-0.39, 0.29) is 12.4 Å². The molecule has 0 aliphatic rings. The van der Waals surface area contributed by atoms with Gasteiger partial charge in [-0.15, -0.1) is 0 Å². The van der Waals surface area contributed by atoms with Gasteiger partial charge >= 0.3 is 0 Å². The monoisotopic (exact) mass is 289 g/mol. The summed E-state index contributed by atoms with van der Waals surface area (Å²) in [5.41, 5.74) is 0.978. The van der Waals surface area contributed by atoms with Crippen molar-refractivity contribution in [2.75, 3.05) is 24.2 Å². The first-order chi connectivity index (χ1) is 8.53. The van der Waals surface area contributed by atoms with Crippen molar-refractivity contribution in [3.8, 4) is 0 Å². The molecule has 0 aliphatic heterocycles. The van der Waals surface area contributed by atoms with Crippen LogP contribution in [0.1, 0.15) is 0 Å². The van der Waals surface area contributed by atoms with Crippen molar-refractivity contribution in [3.05, 3.63) is 23.4 Å². The number of benzene rings is 1. The molecule has 0 amide bonds. The molecular formula is C10H12ClN3O3S. The van der Waals surface area contributed by atoms with Crippen LogP contribution in [0.15, 0.2) is 18.3 Å². The topological polar surface area (TPSA) is 84.1 Å². The lowest BCUT2D eigenvalue weighted by Crippen LogP contribution is -2.19. The summed E-state index contributed by atoms with van der Waals surface area (Å²) in [4.78, 5) is 0. The van der Waals surface area contributed by atoms with Crippen LogP contribution in [0.2, 0.25) is 5.02 Å². The Balaban J connectivity index is 2.32. The van der Waals surface area contributed by atoms with Crippen LogP contribution in [-0.4, -0.2) is 38.1 Å². The number of aromatic nitrogens is 2. The smallest absolute Gasteiger partial charge is 0.235 e. The molecule has 2 N–H and O–H groups in total. The Morgan fingerprint density at radius 3 is 3.00 bits per heavy atom. The Morgan fingerprint density at radius 2 is 2.28 bits per heavy atom. The number of anilines is 1. The fraction of sp³-hybridized carbons (Fsp3) is 0.300. The van der Waals surface area contributed by atoms with Crippen molar-refractivity contribution in [2.45, 2.75) is 0 Å². The maximum absolute atomic E-state index is 11.8. The van der Waals surface area contributed by atoms with Gasteiger partial charge in [0.2, 0.25) is 10.0 Å². The van der Waals surface area contributed by atoms with Gasteiger partial charge in [0.25, 0.3) is 0 Å². The summed E-state index contributed by atoms with van der Waals surface area (Å²) >= 11 is 5.97. The minimum atomic E-state index is -3.44. The second kappa shape index (κ2) is 5.13. The summed E-state index contributed by atoms with van der Waals surface area (Å²) in [6.45, 7) is 0.134. The molecule has 8 heteroatoms. The number of halogens is 1. The first-order valence-electron chi connectivity index (χ1n) is 5.14. The van der Waals surface area contributed by atoms with Gasteiger partial charge in [-0.25, -0.2) is 8.42 Å². The molecule has 0 spiro atoms. The van der Waals surface area contributed by atoms with Crippen LogP contribution in [0, 0.1) is 0 Å². The van der Waals surface area contributed by atoms with E-state index in [4.69, 9.17) is 16.3 Å². The van der Waals surface area contributed by atoms with Gasteiger partial charge in [-0.05, 0) is 12.1 Å². The highest BCUT2D eigenvalue weighted by Crippen LogP contribution is 2.28. The van der Waals surface area contributed by atoms with E-state index < -0.39 is 10.0 Å². The summed E-state index contributed by atoms with van der Waals surface area (Å²) in [5.74, 6) is -0.109. The van der Waals surface area contributed by atoms with Crippen LogP contribution in [0.5, 0.6) is 0 Å². The summed E-state index contributed by atoms with van der Waals surface area (Å²) < 4.78 is 30.7. The molecule has 0 atom stereocenters. The first kappa shape index (κ1) is 13.1. The molecule has 0 radical (unpaired) electrons. The fourth-order valence-electron chi connectivity index (χ4n) is 1.50. The van der Waals surface area contributed by atoms with Crippen LogP contribution in [0.4, 0.5) is 5.69 Å². The highest BCUT2D eigenvalue weighted by atomic mass is 35.5. The van der Waals surface area contributed by atoms with E-state index in [0.717, 1.165) is 0 Å². The number of nitrogens with zero attached hydrogens (tertiary/aromatic N) is 1. The Bertz CT molecular complexity index is 653. The van der Waals surface area contributed by atoms with E-state index in [1.165, 1.54) is 7.11 Å². The van der Waals surface area contributed by atoms with Gasteiger partial charge in [0, 0.05) is 12.5 Å². The summed E-state index contributed by atoms with van der Waals surface area (Å²) in [7, 11) is -2.00. The molecule has 2 rings (SSSR count). The largest absolute Gasteiger partial charge is 0.384 e. The van der Waals surface area contributed by atoms with E-state index in [1.807, 2.05) is 0 Å². The third-order valence-corrected chi connectivity index (χ3v) is 3.95. The Hall–Kier alpha value is -1.31. The van der Waals surface area contributed by atoms with E-state index in [2.05, 4.69) is 14.9 Å². The molecule has 98 valence electrons. The number of hydrogen-bond donors (Lipinski definition) is 2. The van der Waals surface area contributed by atoms with Gasteiger partial charge in [0.15, 0.2) is 0 Å². The molecule has 0 fully saturated rings. The number of nitrogens with one attached hydrogen (secondary N) is 2. The van der Waals surface area contributed by atoms with Crippen LogP contribution >= 0.6 is 11.6 Å². The lowest BCUT2D eigenvalue weighted by atomic mass is 10.2. The number of fused-ring (bicyclic) bond motifs is 1. The summed E-state index contributed by atoms with van der Waals surface area (Å²) in [6, 6.07) is 3.21. The normalized spacial score (nSPS) is 11.9. The first-order valence-corrected chi connectivity index (χ1v) is 7.17. The lowest BCUT2D eigenvalue weighted by molar-refractivity contribution is 0.217. The predicted octanol–water partition coefficient (Wildman–Crippen LogP) is 1.60. The molecule has 1 aromatic carbocycles. The number of methoxy groups -OCH3 is 1. The standard InChI is InChI=1S/C10H12ClN3O3S/c1-17-4-5-18(15,16)14-9-3-2-8(11)7-6-12-13-10(7)9/h2-3,6,14H,4-5H2,1H3,(H,12,13). The van der Waals surface area contributed by atoms with Crippen LogP contribution in [0.25, 0.3) is 10.9 Å². The minimum Gasteiger partial charge on any atom is -0.384 e. The molecule has 0 unspecified atom stereocenters. The van der Waals surface area contributed by atoms with Crippen molar-refractivity contribution in [1.82, 2.24) is 10.2 Å². The zero-order valence-corrected chi connectivity index (χ0v) is 11.2. The molecule has 0 aliphatic carbocycles. The molecular weight excluding hydrogens is 278 g/mol. The second-order valence-electron chi connectivity index (χ2n) is 3.67. The lowest BCUT2D eigenvalue weighted by Gasteiger charge is -2.08. The van der Waals surface area contributed by atoms with E-state index in [9.17, 15) is 8.42 Å².